The van der Waals surface area contributed by atoms with E-state index in [-0.39, 0.29) is 11.5 Å². The van der Waals surface area contributed by atoms with Crippen molar-refractivity contribution in [2.75, 3.05) is 7.11 Å². The van der Waals surface area contributed by atoms with Crippen molar-refractivity contribution in [1.29, 1.82) is 0 Å². The van der Waals surface area contributed by atoms with Crippen LogP contribution in [0.2, 0.25) is 0 Å². The predicted octanol–water partition coefficient (Wildman–Crippen LogP) is 3.92. The Kier molecular flexibility index (Phi) is 3.22. The maximum absolute atomic E-state index is 6.08. The normalized spacial score (nSPS) is 27.6. The number of methoxy groups -OCH3 is 1. The van der Waals surface area contributed by atoms with Gasteiger partial charge in [-0.2, -0.15) is 0 Å². The standard InChI is InChI=1S/C18H20O2/c1-4-18(2)12-14(8-7-13-5-6-13)16-11-15(19-3)9-10-17(16)20-18/h4,9-11,13-14H,1,5-6,12H2,2-3H3/t14-,18+/m0/s1. The van der Waals surface area contributed by atoms with E-state index in [1.54, 1.807) is 7.11 Å². The van der Waals surface area contributed by atoms with Gasteiger partial charge in [-0.15, -0.1) is 0 Å². The molecule has 0 bridgehead atoms. The summed E-state index contributed by atoms with van der Waals surface area (Å²) in [5, 5.41) is 0. The highest BCUT2D eigenvalue weighted by Gasteiger charge is 2.35. The van der Waals surface area contributed by atoms with E-state index in [2.05, 4.69) is 25.3 Å². The van der Waals surface area contributed by atoms with Crippen LogP contribution in [0.3, 0.4) is 0 Å². The molecule has 2 heteroatoms. The quantitative estimate of drug-likeness (QED) is 0.598. The molecule has 104 valence electrons. The third kappa shape index (κ3) is 2.54. The number of rotatable bonds is 2. The Hall–Kier alpha value is -1.88. The van der Waals surface area contributed by atoms with E-state index in [9.17, 15) is 0 Å². The fourth-order valence-electron chi connectivity index (χ4n) is 2.53. The summed E-state index contributed by atoms with van der Waals surface area (Å²) in [5.74, 6) is 9.39. The molecule has 0 spiro atoms. The highest BCUT2D eigenvalue weighted by Crippen LogP contribution is 2.43. The lowest BCUT2D eigenvalue weighted by atomic mass is 9.83. The molecule has 1 aliphatic heterocycles. The second-order valence-electron chi connectivity index (χ2n) is 5.84. The summed E-state index contributed by atoms with van der Waals surface area (Å²) in [5.41, 5.74) is 0.793. The van der Waals surface area contributed by atoms with Gasteiger partial charge < -0.3 is 9.47 Å². The van der Waals surface area contributed by atoms with Crippen LogP contribution in [0.15, 0.2) is 30.9 Å². The first-order chi connectivity index (χ1) is 9.63. The van der Waals surface area contributed by atoms with Crippen LogP contribution < -0.4 is 9.47 Å². The minimum atomic E-state index is -0.343. The Morgan fingerprint density at radius 3 is 2.85 bits per heavy atom. The van der Waals surface area contributed by atoms with Crippen LogP contribution >= 0.6 is 0 Å². The molecule has 0 N–H and O–H groups in total. The summed E-state index contributed by atoms with van der Waals surface area (Å²) in [4.78, 5) is 0. The van der Waals surface area contributed by atoms with Crippen LogP contribution in [-0.2, 0) is 0 Å². The molecule has 2 nitrogen and oxygen atoms in total. The minimum absolute atomic E-state index is 0.192. The van der Waals surface area contributed by atoms with E-state index in [0.717, 1.165) is 23.5 Å². The fourth-order valence-corrected chi connectivity index (χ4v) is 2.53. The van der Waals surface area contributed by atoms with Gasteiger partial charge in [0.15, 0.2) is 0 Å². The zero-order valence-electron chi connectivity index (χ0n) is 12.1. The first-order valence-electron chi connectivity index (χ1n) is 7.15. The molecule has 0 amide bonds. The molecule has 2 atom stereocenters. The van der Waals surface area contributed by atoms with E-state index in [1.807, 2.05) is 24.3 Å². The summed E-state index contributed by atoms with van der Waals surface area (Å²) in [6.45, 7) is 5.98. The Morgan fingerprint density at radius 2 is 2.20 bits per heavy atom. The zero-order valence-corrected chi connectivity index (χ0v) is 12.1. The first-order valence-corrected chi connectivity index (χ1v) is 7.15. The van der Waals surface area contributed by atoms with Crippen LogP contribution in [0.1, 0.15) is 37.7 Å². The average molecular weight is 268 g/mol. The van der Waals surface area contributed by atoms with Gasteiger partial charge in [-0.25, -0.2) is 0 Å². The van der Waals surface area contributed by atoms with Gasteiger partial charge in [0.2, 0.25) is 0 Å². The van der Waals surface area contributed by atoms with Crippen molar-refractivity contribution in [3.8, 4) is 23.3 Å². The fraction of sp³-hybridized carbons (Fsp3) is 0.444. The molecule has 1 aromatic rings. The number of ether oxygens (including phenoxy) is 2. The van der Waals surface area contributed by atoms with Gasteiger partial charge in [-0.3, -0.25) is 0 Å². The predicted molar refractivity (Wildman–Crippen MR) is 80.1 cm³/mol. The Labute approximate surface area is 120 Å². The molecule has 20 heavy (non-hydrogen) atoms. The summed E-state index contributed by atoms with van der Waals surface area (Å²) in [6.07, 6.45) is 5.22. The van der Waals surface area contributed by atoms with E-state index < -0.39 is 0 Å². The van der Waals surface area contributed by atoms with Crippen molar-refractivity contribution in [2.45, 2.75) is 37.7 Å². The van der Waals surface area contributed by atoms with Gasteiger partial charge in [-0.05, 0) is 44.0 Å². The maximum Gasteiger partial charge on any atom is 0.126 e. The summed E-state index contributed by atoms with van der Waals surface area (Å²) in [7, 11) is 1.68. The summed E-state index contributed by atoms with van der Waals surface area (Å²) >= 11 is 0. The van der Waals surface area contributed by atoms with Crippen molar-refractivity contribution in [3.63, 3.8) is 0 Å². The van der Waals surface area contributed by atoms with E-state index >= 15 is 0 Å². The van der Waals surface area contributed by atoms with Crippen molar-refractivity contribution in [1.82, 2.24) is 0 Å². The highest BCUT2D eigenvalue weighted by atomic mass is 16.5. The second-order valence-corrected chi connectivity index (χ2v) is 5.84. The van der Waals surface area contributed by atoms with Crippen LogP contribution in [0, 0.1) is 17.8 Å². The maximum atomic E-state index is 6.08. The van der Waals surface area contributed by atoms with Crippen molar-refractivity contribution in [2.24, 2.45) is 5.92 Å². The van der Waals surface area contributed by atoms with Crippen LogP contribution in [0.5, 0.6) is 11.5 Å². The molecule has 1 fully saturated rings. The Balaban J connectivity index is 1.99. The van der Waals surface area contributed by atoms with E-state index in [4.69, 9.17) is 9.47 Å². The number of hydrogen-bond donors (Lipinski definition) is 0. The van der Waals surface area contributed by atoms with Crippen LogP contribution in [0.4, 0.5) is 0 Å². The molecule has 0 aromatic heterocycles. The number of benzene rings is 1. The van der Waals surface area contributed by atoms with Gasteiger partial charge in [0, 0.05) is 17.9 Å². The van der Waals surface area contributed by atoms with E-state index in [1.165, 1.54) is 12.8 Å². The largest absolute Gasteiger partial charge is 0.497 e. The topological polar surface area (TPSA) is 18.5 Å². The molecular weight excluding hydrogens is 248 g/mol. The third-order valence-electron chi connectivity index (χ3n) is 4.02. The van der Waals surface area contributed by atoms with Gasteiger partial charge in [0.05, 0.1) is 13.0 Å². The number of fused-ring (bicyclic) bond motifs is 1. The third-order valence-corrected chi connectivity index (χ3v) is 4.02. The SMILES string of the molecule is C=C[C@]1(C)C[C@H](C#CC2CC2)c2cc(OC)ccc2O1. The molecule has 0 radical (unpaired) electrons. The molecule has 3 rings (SSSR count). The number of hydrogen-bond acceptors (Lipinski definition) is 2. The molecule has 1 heterocycles. The monoisotopic (exact) mass is 268 g/mol. The van der Waals surface area contributed by atoms with Gasteiger partial charge in [0.1, 0.15) is 17.1 Å². The first kappa shape index (κ1) is 13.1. The molecular formula is C18H20O2. The summed E-state index contributed by atoms with van der Waals surface area (Å²) in [6, 6.07) is 5.95. The molecule has 0 unspecified atom stereocenters. The van der Waals surface area contributed by atoms with Gasteiger partial charge in [0.25, 0.3) is 0 Å². The average Bonchev–Trinajstić information content (AvgIpc) is 3.28. The Morgan fingerprint density at radius 1 is 1.40 bits per heavy atom. The van der Waals surface area contributed by atoms with Crippen molar-refractivity contribution < 1.29 is 9.47 Å². The van der Waals surface area contributed by atoms with Crippen molar-refractivity contribution >= 4 is 0 Å². The smallest absolute Gasteiger partial charge is 0.126 e. The Bertz CT molecular complexity index is 589. The van der Waals surface area contributed by atoms with Crippen LogP contribution in [-0.4, -0.2) is 12.7 Å². The molecule has 1 saturated carbocycles. The molecule has 1 aliphatic carbocycles. The lowest BCUT2D eigenvalue weighted by Gasteiger charge is -2.36. The van der Waals surface area contributed by atoms with Gasteiger partial charge >= 0.3 is 0 Å². The molecule has 1 aromatic carbocycles. The second kappa shape index (κ2) is 4.90. The van der Waals surface area contributed by atoms with Gasteiger partial charge in [-0.1, -0.05) is 18.4 Å². The minimum Gasteiger partial charge on any atom is -0.497 e. The summed E-state index contributed by atoms with van der Waals surface area (Å²) < 4.78 is 11.4. The lowest BCUT2D eigenvalue weighted by molar-refractivity contribution is 0.109. The molecule has 0 saturated heterocycles. The molecule has 2 aliphatic rings. The lowest BCUT2D eigenvalue weighted by Crippen LogP contribution is -2.35. The van der Waals surface area contributed by atoms with Crippen LogP contribution in [0.25, 0.3) is 0 Å². The van der Waals surface area contributed by atoms with Crippen molar-refractivity contribution in [3.05, 3.63) is 36.4 Å². The van der Waals surface area contributed by atoms with E-state index in [0.29, 0.717) is 5.92 Å². The zero-order chi connectivity index (χ0) is 14.2. The highest BCUT2D eigenvalue weighted by molar-refractivity contribution is 5.48.